The second kappa shape index (κ2) is 9.10. The molecule has 4 aliphatic rings. The molecule has 0 heterocycles. The largest absolute Gasteiger partial charge is 0.505 e. The van der Waals surface area contributed by atoms with Crippen LogP contribution in [0.4, 0.5) is 10.5 Å². The number of non-ortho nitro benzene ring substituents is 1. The highest BCUT2D eigenvalue weighted by Crippen LogP contribution is 2.60. The van der Waals surface area contributed by atoms with Crippen molar-refractivity contribution in [1.29, 1.82) is 0 Å². The summed E-state index contributed by atoms with van der Waals surface area (Å²) in [6.45, 7) is 0.450. The van der Waals surface area contributed by atoms with Gasteiger partial charge in [-0.1, -0.05) is 30.3 Å². The molecule has 4 bridgehead atoms. The molecule has 0 saturated heterocycles. The summed E-state index contributed by atoms with van der Waals surface area (Å²) in [5, 5.41) is 19.1. The Labute approximate surface area is 186 Å². The SMILES string of the molecule is O=C(O)OCC12CC3CC(CC(C3)C1)C2.O=C(c1ccccc1)c1ccc([N+](=O)[O-])cc1. The van der Waals surface area contributed by atoms with Crippen LogP contribution in [0.15, 0.2) is 54.6 Å². The summed E-state index contributed by atoms with van der Waals surface area (Å²) >= 11 is 0. The minimum absolute atomic E-state index is 0.0189. The molecule has 168 valence electrons. The van der Waals surface area contributed by atoms with Crippen LogP contribution in [0.2, 0.25) is 0 Å². The van der Waals surface area contributed by atoms with E-state index in [1.54, 1.807) is 24.3 Å². The minimum Gasteiger partial charge on any atom is -0.450 e. The van der Waals surface area contributed by atoms with Crippen molar-refractivity contribution in [3.05, 3.63) is 75.8 Å². The first-order chi connectivity index (χ1) is 15.3. The van der Waals surface area contributed by atoms with Gasteiger partial charge in [-0.15, -0.1) is 0 Å². The number of rotatable bonds is 5. The number of carboxylic acid groups (broad SMARTS) is 1. The number of hydrogen-bond acceptors (Lipinski definition) is 5. The second-order valence-corrected chi connectivity index (χ2v) is 9.47. The summed E-state index contributed by atoms with van der Waals surface area (Å²) in [4.78, 5) is 32.4. The van der Waals surface area contributed by atoms with Crippen molar-refractivity contribution >= 4 is 17.6 Å². The van der Waals surface area contributed by atoms with Crippen LogP contribution < -0.4 is 0 Å². The smallest absolute Gasteiger partial charge is 0.450 e. The van der Waals surface area contributed by atoms with E-state index < -0.39 is 11.1 Å². The summed E-state index contributed by atoms with van der Waals surface area (Å²) in [5.74, 6) is 2.47. The Hall–Kier alpha value is -3.22. The molecule has 7 nitrogen and oxygen atoms in total. The number of carbonyl (C=O) groups is 2. The molecule has 4 aliphatic carbocycles. The molecule has 2 aromatic rings. The van der Waals surface area contributed by atoms with E-state index in [9.17, 15) is 19.7 Å². The lowest BCUT2D eigenvalue weighted by molar-refractivity contribution is -0.384. The summed E-state index contributed by atoms with van der Waals surface area (Å²) in [6.07, 6.45) is 6.72. The van der Waals surface area contributed by atoms with Gasteiger partial charge in [-0.05, 0) is 68.4 Å². The van der Waals surface area contributed by atoms with Gasteiger partial charge in [0.2, 0.25) is 0 Å². The van der Waals surface area contributed by atoms with E-state index in [1.807, 2.05) is 6.07 Å². The van der Waals surface area contributed by atoms with E-state index in [1.165, 1.54) is 62.8 Å². The normalized spacial score (nSPS) is 27.2. The molecular weight excluding hydrogens is 410 g/mol. The quantitative estimate of drug-likeness (QED) is 0.277. The van der Waals surface area contributed by atoms with E-state index in [4.69, 9.17) is 9.84 Å². The number of hydrogen-bond donors (Lipinski definition) is 1. The van der Waals surface area contributed by atoms with Gasteiger partial charge in [-0.3, -0.25) is 14.9 Å². The van der Waals surface area contributed by atoms with Gasteiger partial charge in [0.1, 0.15) is 6.61 Å². The predicted octanol–water partition coefficient (Wildman–Crippen LogP) is 5.72. The van der Waals surface area contributed by atoms with Gasteiger partial charge >= 0.3 is 6.16 Å². The Bertz CT molecular complexity index is 950. The number of nitro groups is 1. The third-order valence-electron chi connectivity index (χ3n) is 7.04. The number of nitro benzene ring substituents is 1. The van der Waals surface area contributed by atoms with Gasteiger partial charge in [-0.25, -0.2) is 4.79 Å². The van der Waals surface area contributed by atoms with Gasteiger partial charge < -0.3 is 9.84 Å². The molecule has 0 amide bonds. The number of nitrogens with zero attached hydrogens (tertiary/aromatic N) is 1. The van der Waals surface area contributed by atoms with Crippen LogP contribution >= 0.6 is 0 Å². The average Bonchev–Trinajstić information content (AvgIpc) is 2.77. The first kappa shape index (κ1) is 22.0. The Morgan fingerprint density at radius 1 is 0.906 bits per heavy atom. The molecule has 0 aromatic heterocycles. The molecule has 0 radical (unpaired) electrons. The molecule has 7 heteroatoms. The van der Waals surface area contributed by atoms with Crippen molar-refractivity contribution in [2.24, 2.45) is 23.2 Å². The Balaban J connectivity index is 0.000000154. The van der Waals surface area contributed by atoms with E-state index >= 15 is 0 Å². The Kier molecular flexibility index (Phi) is 6.26. The zero-order valence-electron chi connectivity index (χ0n) is 17.8. The van der Waals surface area contributed by atoms with E-state index in [0.717, 1.165) is 17.8 Å². The first-order valence-corrected chi connectivity index (χ1v) is 11.0. The van der Waals surface area contributed by atoms with Crippen LogP contribution in [0, 0.1) is 33.3 Å². The first-order valence-electron chi connectivity index (χ1n) is 11.0. The Morgan fingerprint density at radius 2 is 1.41 bits per heavy atom. The third-order valence-corrected chi connectivity index (χ3v) is 7.04. The maximum atomic E-state index is 12.0. The van der Waals surface area contributed by atoms with Crippen LogP contribution in [0.1, 0.15) is 54.4 Å². The highest BCUT2D eigenvalue weighted by atomic mass is 16.7. The fourth-order valence-electron chi connectivity index (χ4n) is 6.17. The van der Waals surface area contributed by atoms with Gasteiger partial charge in [0.05, 0.1) is 4.92 Å². The van der Waals surface area contributed by atoms with Gasteiger partial charge in [0.15, 0.2) is 5.78 Å². The van der Waals surface area contributed by atoms with Gasteiger partial charge in [0, 0.05) is 28.7 Å². The Morgan fingerprint density at radius 3 is 1.88 bits per heavy atom. The van der Waals surface area contributed by atoms with Crippen molar-refractivity contribution < 1.29 is 24.4 Å². The van der Waals surface area contributed by atoms with Crippen LogP contribution in [0.3, 0.4) is 0 Å². The summed E-state index contributed by atoms with van der Waals surface area (Å²) < 4.78 is 4.84. The van der Waals surface area contributed by atoms with Crippen molar-refractivity contribution in [1.82, 2.24) is 0 Å². The number of carbonyl (C=O) groups excluding carboxylic acids is 1. The summed E-state index contributed by atoms with van der Waals surface area (Å²) in [5.41, 5.74) is 1.23. The second-order valence-electron chi connectivity index (χ2n) is 9.47. The monoisotopic (exact) mass is 437 g/mol. The van der Waals surface area contributed by atoms with Gasteiger partial charge in [-0.2, -0.15) is 0 Å². The lowest BCUT2D eigenvalue weighted by Crippen LogP contribution is -2.48. The molecule has 1 N–H and O–H groups in total. The molecule has 4 saturated carbocycles. The van der Waals surface area contributed by atoms with E-state index in [2.05, 4.69) is 0 Å². The van der Waals surface area contributed by atoms with Crippen LogP contribution in [-0.2, 0) is 4.74 Å². The number of ether oxygens (including phenoxy) is 1. The fourth-order valence-corrected chi connectivity index (χ4v) is 6.17. The van der Waals surface area contributed by atoms with Crippen molar-refractivity contribution in [3.8, 4) is 0 Å². The minimum atomic E-state index is -1.11. The molecule has 2 aromatic carbocycles. The summed E-state index contributed by atoms with van der Waals surface area (Å²) in [7, 11) is 0. The molecule has 0 spiro atoms. The molecule has 0 unspecified atom stereocenters. The highest BCUT2D eigenvalue weighted by molar-refractivity contribution is 6.09. The molecular formula is C25H27NO6. The third kappa shape index (κ3) is 4.98. The standard InChI is InChI=1S/C13H9NO3.C12H18O3/c15-13(10-4-2-1-3-5-10)11-6-8-12(9-7-11)14(16)17;13-11(14)15-7-12-4-8-1-9(5-12)3-10(2-8)6-12/h1-9H;8-10H,1-7H2,(H,13,14). The van der Waals surface area contributed by atoms with Crippen LogP contribution in [0.25, 0.3) is 0 Å². The van der Waals surface area contributed by atoms with Crippen LogP contribution in [0.5, 0.6) is 0 Å². The van der Waals surface area contributed by atoms with Crippen molar-refractivity contribution in [2.75, 3.05) is 6.61 Å². The fraction of sp³-hybridized carbons (Fsp3) is 0.440. The average molecular weight is 437 g/mol. The number of ketones is 1. The topological polar surface area (TPSA) is 107 Å². The molecule has 0 aliphatic heterocycles. The zero-order chi connectivity index (χ0) is 22.7. The number of benzene rings is 2. The highest BCUT2D eigenvalue weighted by Gasteiger charge is 2.51. The summed E-state index contributed by atoms with van der Waals surface area (Å²) in [6, 6.07) is 14.4. The van der Waals surface area contributed by atoms with E-state index in [-0.39, 0.29) is 16.9 Å². The molecule has 4 fully saturated rings. The molecule has 0 atom stereocenters. The molecule has 6 rings (SSSR count). The van der Waals surface area contributed by atoms with Gasteiger partial charge in [0.25, 0.3) is 5.69 Å². The van der Waals surface area contributed by atoms with Crippen molar-refractivity contribution in [2.45, 2.75) is 38.5 Å². The maximum absolute atomic E-state index is 12.0. The maximum Gasteiger partial charge on any atom is 0.505 e. The zero-order valence-corrected chi connectivity index (χ0v) is 17.8. The van der Waals surface area contributed by atoms with E-state index in [0.29, 0.717) is 17.7 Å². The van der Waals surface area contributed by atoms with Crippen molar-refractivity contribution in [3.63, 3.8) is 0 Å². The van der Waals surface area contributed by atoms with Crippen LogP contribution in [-0.4, -0.2) is 28.6 Å². The predicted molar refractivity (Wildman–Crippen MR) is 118 cm³/mol. The lowest BCUT2D eigenvalue weighted by Gasteiger charge is -2.56. The molecule has 32 heavy (non-hydrogen) atoms. The lowest BCUT2D eigenvalue weighted by atomic mass is 9.50.